The molecule has 1 aromatic heterocycles. The van der Waals surface area contributed by atoms with Crippen LogP contribution in [0.1, 0.15) is 31.9 Å². The molecule has 0 fully saturated rings. The van der Waals surface area contributed by atoms with Crippen molar-refractivity contribution >= 4 is 28.5 Å². The minimum atomic E-state index is -0.775. The lowest BCUT2D eigenvalue weighted by atomic mass is 10.1. The van der Waals surface area contributed by atoms with Gasteiger partial charge in [-0.2, -0.15) is 0 Å². The van der Waals surface area contributed by atoms with Crippen LogP contribution in [-0.2, 0) is 11.2 Å². The van der Waals surface area contributed by atoms with E-state index in [2.05, 4.69) is 18.4 Å². The first-order valence-electron chi connectivity index (χ1n) is 6.00. The van der Waals surface area contributed by atoms with Crippen molar-refractivity contribution in [2.24, 2.45) is 0 Å². The first-order chi connectivity index (χ1) is 8.50. The van der Waals surface area contributed by atoms with Gasteiger partial charge in [-0.1, -0.05) is 23.7 Å². The van der Waals surface area contributed by atoms with Gasteiger partial charge in [0.05, 0.1) is 10.5 Å². The Morgan fingerprint density at radius 2 is 2.17 bits per heavy atom. The lowest BCUT2D eigenvalue weighted by Crippen LogP contribution is -1.99. The summed E-state index contributed by atoms with van der Waals surface area (Å²) in [5, 5.41) is 10.5. The summed E-state index contributed by atoms with van der Waals surface area (Å²) in [7, 11) is 0. The van der Waals surface area contributed by atoms with Crippen molar-refractivity contribution in [1.29, 1.82) is 0 Å². The Kier molecular flexibility index (Phi) is 3.62. The molecule has 1 heterocycles. The number of nitrogens with zero attached hydrogens (tertiary/aromatic N) is 1. The predicted molar refractivity (Wildman–Crippen MR) is 73.3 cm³/mol. The predicted octanol–water partition coefficient (Wildman–Crippen LogP) is 3.89. The first-order valence-corrected chi connectivity index (χ1v) is 6.38. The number of carboxylic acid groups (broad SMARTS) is 1. The van der Waals surface area contributed by atoms with E-state index in [1.807, 2.05) is 24.4 Å². The molecule has 0 radical (unpaired) electrons. The molecule has 0 aliphatic rings. The first kappa shape index (κ1) is 13.0. The number of rotatable bonds is 4. The van der Waals surface area contributed by atoms with Gasteiger partial charge in [-0.3, -0.25) is 4.79 Å². The smallest absolute Gasteiger partial charge is 0.303 e. The van der Waals surface area contributed by atoms with Crippen molar-refractivity contribution in [3.05, 3.63) is 35.0 Å². The van der Waals surface area contributed by atoms with Crippen molar-refractivity contribution in [2.45, 2.75) is 32.7 Å². The maximum absolute atomic E-state index is 10.7. The number of halogens is 1. The van der Waals surface area contributed by atoms with Crippen LogP contribution in [0.25, 0.3) is 10.9 Å². The van der Waals surface area contributed by atoms with Crippen molar-refractivity contribution in [3.8, 4) is 0 Å². The molecule has 1 aromatic carbocycles. The van der Waals surface area contributed by atoms with E-state index in [9.17, 15) is 4.79 Å². The van der Waals surface area contributed by atoms with Crippen LogP contribution in [0, 0.1) is 0 Å². The van der Waals surface area contributed by atoms with Gasteiger partial charge in [-0.15, -0.1) is 0 Å². The fraction of sp³-hybridized carbons (Fsp3) is 0.357. The van der Waals surface area contributed by atoms with Crippen LogP contribution in [0.15, 0.2) is 24.4 Å². The zero-order valence-corrected chi connectivity index (χ0v) is 11.2. The minimum Gasteiger partial charge on any atom is -0.481 e. The molecule has 0 aliphatic heterocycles. The van der Waals surface area contributed by atoms with Gasteiger partial charge >= 0.3 is 5.97 Å². The Bertz CT molecular complexity index is 587. The lowest BCUT2D eigenvalue weighted by Gasteiger charge is -2.09. The lowest BCUT2D eigenvalue weighted by molar-refractivity contribution is -0.136. The van der Waals surface area contributed by atoms with E-state index in [-0.39, 0.29) is 6.42 Å². The van der Waals surface area contributed by atoms with Crippen LogP contribution in [0.2, 0.25) is 5.02 Å². The summed E-state index contributed by atoms with van der Waals surface area (Å²) in [5.74, 6) is -0.775. The molecule has 1 N–H and O–H groups in total. The highest BCUT2D eigenvalue weighted by molar-refractivity contribution is 6.35. The van der Waals surface area contributed by atoms with Gasteiger partial charge < -0.3 is 9.67 Å². The van der Waals surface area contributed by atoms with Crippen LogP contribution in [0.3, 0.4) is 0 Å². The summed E-state index contributed by atoms with van der Waals surface area (Å²) in [6, 6.07) is 6.06. The monoisotopic (exact) mass is 265 g/mol. The number of carboxylic acids is 1. The molecule has 4 heteroatoms. The van der Waals surface area contributed by atoms with Gasteiger partial charge in [-0.05, 0) is 31.9 Å². The van der Waals surface area contributed by atoms with E-state index in [1.54, 1.807) is 0 Å². The topological polar surface area (TPSA) is 42.2 Å². The Morgan fingerprint density at radius 3 is 2.78 bits per heavy atom. The maximum atomic E-state index is 10.7. The highest BCUT2D eigenvalue weighted by Gasteiger charge is 2.13. The Balaban J connectivity index is 2.54. The average molecular weight is 266 g/mol. The SMILES string of the molecule is CC(C)n1cc(CCC(=O)O)c2cccc(Cl)c21. The van der Waals surface area contributed by atoms with Crippen LogP contribution in [0.4, 0.5) is 0 Å². The quantitative estimate of drug-likeness (QED) is 0.911. The number of aryl methyl sites for hydroxylation is 1. The van der Waals surface area contributed by atoms with E-state index >= 15 is 0 Å². The molecule has 18 heavy (non-hydrogen) atoms. The van der Waals surface area contributed by atoms with Gasteiger partial charge in [0.2, 0.25) is 0 Å². The third kappa shape index (κ3) is 2.36. The van der Waals surface area contributed by atoms with Crippen molar-refractivity contribution in [2.75, 3.05) is 0 Å². The second kappa shape index (κ2) is 5.02. The van der Waals surface area contributed by atoms with E-state index < -0.39 is 5.97 Å². The number of hydrogen-bond donors (Lipinski definition) is 1. The average Bonchev–Trinajstić information content (AvgIpc) is 2.67. The molecular formula is C14H16ClNO2. The van der Waals surface area contributed by atoms with Crippen molar-refractivity contribution in [3.63, 3.8) is 0 Å². The van der Waals surface area contributed by atoms with Crippen LogP contribution in [-0.4, -0.2) is 15.6 Å². The van der Waals surface area contributed by atoms with Gasteiger partial charge in [0.1, 0.15) is 0 Å². The number of carbonyl (C=O) groups is 1. The molecule has 0 aliphatic carbocycles. The molecule has 0 saturated carbocycles. The summed E-state index contributed by atoms with van der Waals surface area (Å²) in [6.07, 6.45) is 2.69. The molecule has 0 amide bonds. The second-order valence-electron chi connectivity index (χ2n) is 4.69. The molecule has 2 rings (SSSR count). The second-order valence-corrected chi connectivity index (χ2v) is 5.09. The van der Waals surface area contributed by atoms with Crippen LogP contribution in [0.5, 0.6) is 0 Å². The van der Waals surface area contributed by atoms with E-state index in [4.69, 9.17) is 16.7 Å². The van der Waals surface area contributed by atoms with E-state index in [0.717, 1.165) is 16.5 Å². The number of aromatic nitrogens is 1. The molecule has 0 spiro atoms. The standard InChI is InChI=1S/C14H16ClNO2/c1-9(2)16-8-10(6-7-13(17)18)11-4-3-5-12(15)14(11)16/h3-5,8-9H,6-7H2,1-2H3,(H,17,18). The fourth-order valence-corrected chi connectivity index (χ4v) is 2.46. The summed E-state index contributed by atoms with van der Waals surface area (Å²) in [6.45, 7) is 4.17. The number of benzene rings is 1. The Hall–Kier alpha value is -1.48. The summed E-state index contributed by atoms with van der Waals surface area (Å²) in [5.41, 5.74) is 2.04. The van der Waals surface area contributed by atoms with Crippen LogP contribution < -0.4 is 0 Å². The number of aliphatic carboxylic acids is 1. The molecule has 0 bridgehead atoms. The number of hydrogen-bond acceptors (Lipinski definition) is 1. The van der Waals surface area contributed by atoms with E-state index in [1.165, 1.54) is 0 Å². The summed E-state index contributed by atoms with van der Waals surface area (Å²) >= 11 is 6.25. The molecule has 0 unspecified atom stereocenters. The molecule has 3 nitrogen and oxygen atoms in total. The highest BCUT2D eigenvalue weighted by atomic mass is 35.5. The van der Waals surface area contributed by atoms with Gasteiger partial charge in [0.15, 0.2) is 0 Å². The normalized spacial score (nSPS) is 11.3. The molecule has 96 valence electrons. The molecule has 2 aromatic rings. The minimum absolute atomic E-state index is 0.143. The Labute approximate surface area is 111 Å². The molecule has 0 atom stereocenters. The third-order valence-electron chi connectivity index (χ3n) is 3.05. The summed E-state index contributed by atoms with van der Waals surface area (Å²) < 4.78 is 2.11. The van der Waals surface area contributed by atoms with Crippen LogP contribution >= 0.6 is 11.6 Å². The number of fused-ring (bicyclic) bond motifs is 1. The third-order valence-corrected chi connectivity index (χ3v) is 3.36. The van der Waals surface area contributed by atoms with Gasteiger partial charge in [0.25, 0.3) is 0 Å². The van der Waals surface area contributed by atoms with Gasteiger partial charge in [-0.25, -0.2) is 0 Å². The van der Waals surface area contributed by atoms with Crippen molar-refractivity contribution in [1.82, 2.24) is 4.57 Å². The zero-order chi connectivity index (χ0) is 13.3. The maximum Gasteiger partial charge on any atom is 0.303 e. The molecule has 0 saturated heterocycles. The fourth-order valence-electron chi connectivity index (χ4n) is 2.19. The number of para-hydroxylation sites is 1. The highest BCUT2D eigenvalue weighted by Crippen LogP contribution is 2.31. The van der Waals surface area contributed by atoms with Gasteiger partial charge in [0, 0.05) is 24.0 Å². The zero-order valence-electron chi connectivity index (χ0n) is 10.5. The Morgan fingerprint density at radius 1 is 1.44 bits per heavy atom. The van der Waals surface area contributed by atoms with E-state index in [0.29, 0.717) is 17.5 Å². The van der Waals surface area contributed by atoms with Crippen molar-refractivity contribution < 1.29 is 9.90 Å². The largest absolute Gasteiger partial charge is 0.481 e. The summed E-state index contributed by atoms with van der Waals surface area (Å²) in [4.78, 5) is 10.7. The molecular weight excluding hydrogens is 250 g/mol.